The molecule has 0 radical (unpaired) electrons. The lowest BCUT2D eigenvalue weighted by molar-refractivity contribution is 0.0821. The second kappa shape index (κ2) is 7.69. The van der Waals surface area contributed by atoms with Gasteiger partial charge in [-0.1, -0.05) is 0 Å². The fraction of sp³-hybridized carbons (Fsp3) is 0.316. The maximum Gasteiger partial charge on any atom is 0.257 e. The molecule has 1 amide bonds. The summed E-state index contributed by atoms with van der Waals surface area (Å²) in [6.45, 7) is 2.55. The smallest absolute Gasteiger partial charge is 0.257 e. The van der Waals surface area contributed by atoms with Gasteiger partial charge in [0, 0.05) is 26.2 Å². The maximum atomic E-state index is 12.8. The molecule has 0 aliphatic carbocycles. The van der Waals surface area contributed by atoms with Crippen LogP contribution in [0.1, 0.15) is 22.8 Å². The molecule has 1 aliphatic rings. The number of ether oxygens (including phenoxy) is 1. The molecule has 0 saturated carbocycles. The fourth-order valence-corrected chi connectivity index (χ4v) is 3.37. The number of nitrogen functional groups attached to an aromatic ring is 1. The van der Waals surface area contributed by atoms with E-state index in [-0.39, 0.29) is 11.9 Å². The maximum absolute atomic E-state index is 12.8. The quantitative estimate of drug-likeness (QED) is 0.237. The van der Waals surface area contributed by atoms with E-state index in [1.807, 2.05) is 19.1 Å². The van der Waals surface area contributed by atoms with Crippen molar-refractivity contribution < 1.29 is 9.53 Å². The van der Waals surface area contributed by atoms with Gasteiger partial charge < -0.3 is 31.4 Å². The summed E-state index contributed by atoms with van der Waals surface area (Å²) in [7, 11) is 3.49. The van der Waals surface area contributed by atoms with E-state index >= 15 is 0 Å². The van der Waals surface area contributed by atoms with Crippen LogP contribution in [0.15, 0.2) is 24.4 Å². The van der Waals surface area contributed by atoms with Crippen molar-refractivity contribution in [2.75, 3.05) is 42.1 Å². The Bertz CT molecular complexity index is 1110. The van der Waals surface area contributed by atoms with E-state index in [1.165, 1.54) is 11.2 Å². The van der Waals surface area contributed by atoms with Crippen LogP contribution in [0.5, 0.6) is 0 Å². The molecule has 1 aromatic carbocycles. The Kier molecular flexibility index (Phi) is 5.06. The van der Waals surface area contributed by atoms with Crippen molar-refractivity contribution in [3.05, 3.63) is 35.5 Å². The van der Waals surface area contributed by atoms with Gasteiger partial charge in [-0.2, -0.15) is 9.61 Å². The molecule has 0 saturated heterocycles. The molecule has 4 rings (SSSR count). The number of nitrogens with one attached hydrogen (secondary N) is 3. The second-order valence-electron chi connectivity index (χ2n) is 7.27. The van der Waals surface area contributed by atoms with Crippen LogP contribution in [0.2, 0.25) is 0 Å². The number of nitrogens with zero attached hydrogens (tertiary/aromatic N) is 4. The average Bonchev–Trinajstić information content (AvgIpc) is 3.12. The van der Waals surface area contributed by atoms with Gasteiger partial charge in [0.2, 0.25) is 0 Å². The number of amides is 1. The van der Waals surface area contributed by atoms with Gasteiger partial charge in [0.1, 0.15) is 17.2 Å². The first-order chi connectivity index (χ1) is 14.4. The van der Waals surface area contributed by atoms with E-state index in [1.54, 1.807) is 24.7 Å². The number of hydrazine groups is 1. The number of hydrogen-bond acceptors (Lipinski definition) is 9. The van der Waals surface area contributed by atoms with Crippen LogP contribution >= 0.6 is 0 Å². The first kappa shape index (κ1) is 19.7. The molecule has 11 nitrogen and oxygen atoms in total. The molecule has 3 aromatic rings. The van der Waals surface area contributed by atoms with Crippen LogP contribution in [0.4, 0.5) is 28.7 Å². The molecular formula is C19H25N9O2. The van der Waals surface area contributed by atoms with Gasteiger partial charge in [-0.25, -0.2) is 10.8 Å². The third-order valence-electron chi connectivity index (χ3n) is 4.85. The van der Waals surface area contributed by atoms with Gasteiger partial charge in [-0.3, -0.25) is 4.79 Å². The summed E-state index contributed by atoms with van der Waals surface area (Å²) in [6.07, 6.45) is 1.50. The number of fused-ring (bicyclic) bond motifs is 3. The highest BCUT2D eigenvalue weighted by atomic mass is 16.5. The molecule has 11 heteroatoms. The van der Waals surface area contributed by atoms with E-state index in [4.69, 9.17) is 16.3 Å². The van der Waals surface area contributed by atoms with Crippen molar-refractivity contribution in [3.63, 3.8) is 0 Å². The molecule has 0 spiro atoms. The molecule has 1 aliphatic heterocycles. The van der Waals surface area contributed by atoms with Crippen LogP contribution in [-0.2, 0) is 11.3 Å². The molecule has 1 unspecified atom stereocenters. The molecule has 1 atom stereocenters. The zero-order valence-corrected chi connectivity index (χ0v) is 17.1. The minimum Gasteiger partial charge on any atom is -0.395 e. The third kappa shape index (κ3) is 3.55. The van der Waals surface area contributed by atoms with Gasteiger partial charge in [0.25, 0.3) is 5.91 Å². The van der Waals surface area contributed by atoms with Crippen molar-refractivity contribution in [2.45, 2.75) is 19.6 Å². The van der Waals surface area contributed by atoms with E-state index in [0.717, 1.165) is 5.56 Å². The second-order valence-corrected chi connectivity index (χ2v) is 7.27. The van der Waals surface area contributed by atoms with Gasteiger partial charge >= 0.3 is 0 Å². The Morgan fingerprint density at radius 3 is 2.90 bits per heavy atom. The zero-order valence-electron chi connectivity index (χ0n) is 17.1. The zero-order chi connectivity index (χ0) is 21.4. The van der Waals surface area contributed by atoms with Crippen LogP contribution in [0.3, 0.4) is 0 Å². The standard InChI is InChI=1S/C19H25N9O2/c1-10-8-30-9-11-4-13(17(20)14(5-11)27(3)21)25-15-6-16(22-2)28-18(26-15)12(7-23-28)19(29)24-10/h4-7,10,22H,8-9,20-21H2,1-3H3,(H,24,29)(H,25,26). The lowest BCUT2D eigenvalue weighted by Gasteiger charge is -2.21. The first-order valence-corrected chi connectivity index (χ1v) is 9.50. The van der Waals surface area contributed by atoms with Gasteiger partial charge in [-0.05, 0) is 24.6 Å². The van der Waals surface area contributed by atoms with Crippen LogP contribution in [0.25, 0.3) is 5.65 Å². The summed E-state index contributed by atoms with van der Waals surface area (Å²) in [6, 6.07) is 5.36. The van der Waals surface area contributed by atoms with Gasteiger partial charge in [-0.15, -0.1) is 0 Å². The molecule has 158 valence electrons. The van der Waals surface area contributed by atoms with Crippen LogP contribution in [0, 0.1) is 0 Å². The number of anilines is 5. The highest BCUT2D eigenvalue weighted by molar-refractivity contribution is 6.00. The molecule has 4 bridgehead atoms. The number of nitrogens with two attached hydrogens (primary N) is 2. The Balaban J connectivity index is 1.90. The predicted molar refractivity (Wildman–Crippen MR) is 116 cm³/mol. The summed E-state index contributed by atoms with van der Waals surface area (Å²) in [4.78, 5) is 17.4. The third-order valence-corrected chi connectivity index (χ3v) is 4.85. The van der Waals surface area contributed by atoms with Crippen LogP contribution in [-0.4, -0.2) is 47.2 Å². The number of rotatable bonds is 2. The molecule has 2 aromatic heterocycles. The highest BCUT2D eigenvalue weighted by Gasteiger charge is 2.20. The Morgan fingerprint density at radius 2 is 2.17 bits per heavy atom. The monoisotopic (exact) mass is 411 g/mol. The van der Waals surface area contributed by atoms with E-state index in [0.29, 0.717) is 53.1 Å². The largest absolute Gasteiger partial charge is 0.395 e. The summed E-state index contributed by atoms with van der Waals surface area (Å²) < 4.78 is 7.38. The number of benzene rings is 1. The number of carbonyl (C=O) groups excluding carboxylic acids is 1. The molecule has 3 heterocycles. The minimum atomic E-state index is -0.269. The number of carbonyl (C=O) groups is 1. The summed E-state index contributed by atoms with van der Waals surface area (Å²) in [5, 5.41) is 15.0. The summed E-state index contributed by atoms with van der Waals surface area (Å²) in [5.41, 5.74) is 9.79. The van der Waals surface area contributed by atoms with E-state index < -0.39 is 0 Å². The predicted octanol–water partition coefficient (Wildman–Crippen LogP) is 1.06. The van der Waals surface area contributed by atoms with Gasteiger partial charge in [0.15, 0.2) is 5.65 Å². The van der Waals surface area contributed by atoms with E-state index in [2.05, 4.69) is 26.0 Å². The fourth-order valence-electron chi connectivity index (χ4n) is 3.37. The molecule has 7 N–H and O–H groups in total. The Labute approximate surface area is 173 Å². The Morgan fingerprint density at radius 1 is 1.37 bits per heavy atom. The average molecular weight is 411 g/mol. The molecular weight excluding hydrogens is 386 g/mol. The van der Waals surface area contributed by atoms with Crippen molar-refractivity contribution in [3.8, 4) is 0 Å². The van der Waals surface area contributed by atoms with E-state index in [9.17, 15) is 4.79 Å². The number of hydrogen-bond donors (Lipinski definition) is 5. The Hall–Kier alpha value is -3.57. The summed E-state index contributed by atoms with van der Waals surface area (Å²) >= 11 is 0. The number of aromatic nitrogens is 3. The van der Waals surface area contributed by atoms with Crippen molar-refractivity contribution in [1.29, 1.82) is 0 Å². The lowest BCUT2D eigenvalue weighted by atomic mass is 10.1. The lowest BCUT2D eigenvalue weighted by Crippen LogP contribution is -2.36. The highest BCUT2D eigenvalue weighted by Crippen LogP contribution is 2.33. The topological polar surface area (TPSA) is 148 Å². The van der Waals surface area contributed by atoms with Gasteiger partial charge in [0.05, 0.1) is 36.5 Å². The summed E-state index contributed by atoms with van der Waals surface area (Å²) in [5.74, 6) is 6.87. The minimum absolute atomic E-state index is 0.203. The SMILES string of the molecule is CNc1cc2nc3c(cnn13)C(=O)NC(C)COCc1cc(c(N)c(N(C)N)c1)N2. The van der Waals surface area contributed by atoms with Crippen molar-refractivity contribution in [1.82, 2.24) is 19.9 Å². The normalized spacial score (nSPS) is 16.7. The van der Waals surface area contributed by atoms with Crippen LogP contribution < -0.4 is 32.5 Å². The van der Waals surface area contributed by atoms with Crippen molar-refractivity contribution >= 4 is 40.3 Å². The molecule has 0 fully saturated rings. The van der Waals surface area contributed by atoms with Crippen molar-refractivity contribution in [2.24, 2.45) is 5.84 Å². The first-order valence-electron chi connectivity index (χ1n) is 9.50. The molecule has 30 heavy (non-hydrogen) atoms.